The number of rotatable bonds is 7. The van der Waals surface area contributed by atoms with E-state index in [1.807, 2.05) is 24.7 Å². The van der Waals surface area contributed by atoms with Crippen molar-refractivity contribution in [2.75, 3.05) is 6.61 Å². The summed E-state index contributed by atoms with van der Waals surface area (Å²) in [5, 5.41) is 1.14. The monoisotopic (exact) mass is 381 g/mol. The van der Waals surface area contributed by atoms with E-state index in [2.05, 4.69) is 34.1 Å². The summed E-state index contributed by atoms with van der Waals surface area (Å²) in [6, 6.07) is 11.1. The second kappa shape index (κ2) is 8.81. The molecule has 0 atom stereocenters. The maximum atomic E-state index is 5.61. The van der Waals surface area contributed by atoms with E-state index in [1.54, 1.807) is 11.3 Å². The predicted molar refractivity (Wildman–Crippen MR) is 111 cm³/mol. The summed E-state index contributed by atoms with van der Waals surface area (Å²) < 4.78 is 5.61. The standard InChI is InChI=1S/C22H27N3OS/c1-2-26-20-10-11-22-17(12-20)8-9-18(24-22)14-25(15-21-13-23-16-27-21)19-6-4-3-5-7-19/h8-13,16,19H,2-7,14-15H2,1H3. The molecule has 4 nitrogen and oxygen atoms in total. The average Bonchev–Trinajstić information content (AvgIpc) is 3.22. The lowest BCUT2D eigenvalue weighted by molar-refractivity contribution is 0.139. The van der Waals surface area contributed by atoms with Crippen LogP contribution in [-0.4, -0.2) is 27.5 Å². The zero-order valence-electron chi connectivity index (χ0n) is 15.9. The topological polar surface area (TPSA) is 38.2 Å². The molecule has 0 radical (unpaired) electrons. The van der Waals surface area contributed by atoms with Gasteiger partial charge in [-0.25, -0.2) is 0 Å². The van der Waals surface area contributed by atoms with E-state index in [0.29, 0.717) is 12.6 Å². The second-order valence-electron chi connectivity index (χ2n) is 7.25. The van der Waals surface area contributed by atoms with Crippen molar-refractivity contribution in [2.45, 2.75) is 58.2 Å². The van der Waals surface area contributed by atoms with Crippen molar-refractivity contribution in [1.29, 1.82) is 0 Å². The van der Waals surface area contributed by atoms with Gasteiger partial charge in [0.05, 0.1) is 23.3 Å². The fraction of sp³-hybridized carbons (Fsp3) is 0.455. The highest BCUT2D eigenvalue weighted by Gasteiger charge is 2.22. The lowest BCUT2D eigenvalue weighted by atomic mass is 9.94. The van der Waals surface area contributed by atoms with Crippen LogP contribution < -0.4 is 4.74 Å². The molecule has 27 heavy (non-hydrogen) atoms. The van der Waals surface area contributed by atoms with Gasteiger partial charge in [0, 0.05) is 35.6 Å². The third kappa shape index (κ3) is 4.66. The fourth-order valence-electron chi connectivity index (χ4n) is 3.98. The third-order valence-corrected chi connectivity index (χ3v) is 6.09. The number of benzene rings is 1. The third-order valence-electron chi connectivity index (χ3n) is 5.33. The Balaban J connectivity index is 1.54. The van der Waals surface area contributed by atoms with Gasteiger partial charge < -0.3 is 4.74 Å². The van der Waals surface area contributed by atoms with Gasteiger partial charge in [0.2, 0.25) is 0 Å². The summed E-state index contributed by atoms with van der Waals surface area (Å²) in [5.74, 6) is 0.911. The summed E-state index contributed by atoms with van der Waals surface area (Å²) in [7, 11) is 0. The molecule has 0 N–H and O–H groups in total. The Labute approximate surface area is 165 Å². The van der Waals surface area contributed by atoms with Gasteiger partial charge in [-0.3, -0.25) is 14.9 Å². The van der Waals surface area contributed by atoms with Gasteiger partial charge in [0.15, 0.2) is 0 Å². The zero-order chi connectivity index (χ0) is 18.5. The van der Waals surface area contributed by atoms with Gasteiger partial charge >= 0.3 is 0 Å². The number of ether oxygens (including phenoxy) is 1. The van der Waals surface area contributed by atoms with Crippen molar-refractivity contribution in [3.8, 4) is 5.75 Å². The molecule has 0 amide bonds. The van der Waals surface area contributed by atoms with E-state index in [4.69, 9.17) is 9.72 Å². The molecule has 0 spiro atoms. The number of hydrogen-bond donors (Lipinski definition) is 0. The molecule has 142 valence electrons. The minimum Gasteiger partial charge on any atom is -0.494 e. The van der Waals surface area contributed by atoms with Gasteiger partial charge in [0.1, 0.15) is 5.75 Å². The minimum absolute atomic E-state index is 0.652. The summed E-state index contributed by atoms with van der Waals surface area (Å²) >= 11 is 1.75. The fourth-order valence-corrected chi connectivity index (χ4v) is 4.60. The lowest BCUT2D eigenvalue weighted by Gasteiger charge is -2.33. The first kappa shape index (κ1) is 18.4. The van der Waals surface area contributed by atoms with Crippen molar-refractivity contribution in [2.24, 2.45) is 0 Å². The molecule has 0 bridgehead atoms. The summed E-state index contributed by atoms with van der Waals surface area (Å²) in [6.07, 6.45) is 8.66. The van der Waals surface area contributed by atoms with Crippen LogP contribution in [0.15, 0.2) is 42.0 Å². The molecule has 1 aliphatic carbocycles. The number of pyridine rings is 1. The van der Waals surface area contributed by atoms with Crippen molar-refractivity contribution in [1.82, 2.24) is 14.9 Å². The Morgan fingerprint density at radius 1 is 1.11 bits per heavy atom. The molecular weight excluding hydrogens is 354 g/mol. The highest BCUT2D eigenvalue weighted by molar-refractivity contribution is 7.09. The summed E-state index contributed by atoms with van der Waals surface area (Å²) in [4.78, 5) is 13.1. The number of aromatic nitrogens is 2. The molecule has 1 fully saturated rings. The number of hydrogen-bond acceptors (Lipinski definition) is 5. The molecule has 3 aromatic rings. The average molecular weight is 382 g/mol. The van der Waals surface area contributed by atoms with Gasteiger partial charge in [-0.05, 0) is 44.0 Å². The molecule has 0 unspecified atom stereocenters. The quantitative estimate of drug-likeness (QED) is 0.547. The van der Waals surface area contributed by atoms with Gasteiger partial charge in [-0.15, -0.1) is 11.3 Å². The van der Waals surface area contributed by atoms with E-state index in [-0.39, 0.29) is 0 Å². The van der Waals surface area contributed by atoms with Crippen molar-refractivity contribution in [3.63, 3.8) is 0 Å². The predicted octanol–water partition coefficient (Wildman–Crippen LogP) is 5.42. The van der Waals surface area contributed by atoms with Crippen LogP contribution >= 0.6 is 11.3 Å². The van der Waals surface area contributed by atoms with Crippen LogP contribution in [0.2, 0.25) is 0 Å². The lowest BCUT2D eigenvalue weighted by Crippen LogP contribution is -2.35. The normalized spacial score (nSPS) is 15.5. The first-order valence-electron chi connectivity index (χ1n) is 9.95. The maximum Gasteiger partial charge on any atom is 0.120 e. The molecule has 1 saturated carbocycles. The first-order chi connectivity index (χ1) is 13.3. The largest absolute Gasteiger partial charge is 0.494 e. The molecule has 2 heterocycles. The van der Waals surface area contributed by atoms with Crippen molar-refractivity contribution < 1.29 is 4.74 Å². The Hall–Kier alpha value is -1.98. The van der Waals surface area contributed by atoms with Crippen LogP contribution in [0.1, 0.15) is 49.6 Å². The van der Waals surface area contributed by atoms with E-state index in [1.165, 1.54) is 37.0 Å². The zero-order valence-corrected chi connectivity index (χ0v) is 16.8. The minimum atomic E-state index is 0.652. The number of fused-ring (bicyclic) bond motifs is 1. The highest BCUT2D eigenvalue weighted by Crippen LogP contribution is 2.27. The number of thiazole rings is 1. The van der Waals surface area contributed by atoms with E-state index in [9.17, 15) is 0 Å². The smallest absolute Gasteiger partial charge is 0.120 e. The maximum absolute atomic E-state index is 5.61. The summed E-state index contributed by atoms with van der Waals surface area (Å²) in [6.45, 7) is 4.56. The van der Waals surface area contributed by atoms with Crippen molar-refractivity contribution >= 4 is 22.2 Å². The van der Waals surface area contributed by atoms with Gasteiger partial charge in [-0.1, -0.05) is 25.3 Å². The Morgan fingerprint density at radius 3 is 2.78 bits per heavy atom. The van der Waals surface area contributed by atoms with Crippen LogP contribution in [0.3, 0.4) is 0 Å². The van der Waals surface area contributed by atoms with Crippen LogP contribution in [0.25, 0.3) is 10.9 Å². The van der Waals surface area contributed by atoms with Crippen LogP contribution in [0.5, 0.6) is 5.75 Å². The van der Waals surface area contributed by atoms with E-state index >= 15 is 0 Å². The molecular formula is C22H27N3OS. The number of nitrogens with zero attached hydrogens (tertiary/aromatic N) is 3. The van der Waals surface area contributed by atoms with Gasteiger partial charge in [0.25, 0.3) is 0 Å². The Morgan fingerprint density at radius 2 is 2.00 bits per heavy atom. The first-order valence-corrected chi connectivity index (χ1v) is 10.8. The Bertz CT molecular complexity index is 859. The molecule has 4 rings (SSSR count). The molecule has 0 aliphatic heterocycles. The molecule has 2 aromatic heterocycles. The van der Waals surface area contributed by atoms with E-state index < -0.39 is 0 Å². The van der Waals surface area contributed by atoms with Crippen LogP contribution in [-0.2, 0) is 13.1 Å². The van der Waals surface area contributed by atoms with Gasteiger partial charge in [-0.2, -0.15) is 0 Å². The second-order valence-corrected chi connectivity index (χ2v) is 8.23. The molecule has 1 aliphatic rings. The van der Waals surface area contributed by atoms with Crippen molar-refractivity contribution in [3.05, 3.63) is 52.6 Å². The Kier molecular flexibility index (Phi) is 6.00. The SMILES string of the molecule is CCOc1ccc2nc(CN(Cc3cncs3)C3CCCCC3)ccc2c1. The van der Waals surface area contributed by atoms with E-state index in [0.717, 1.165) is 35.4 Å². The molecule has 0 saturated heterocycles. The van der Waals surface area contributed by atoms with Crippen LogP contribution in [0, 0.1) is 0 Å². The molecule has 5 heteroatoms. The summed E-state index contributed by atoms with van der Waals surface area (Å²) in [5.41, 5.74) is 4.11. The van der Waals surface area contributed by atoms with Crippen LogP contribution in [0.4, 0.5) is 0 Å². The molecule has 1 aromatic carbocycles. The highest BCUT2D eigenvalue weighted by atomic mass is 32.1.